The number of hydrogen-bond acceptors (Lipinski definition) is 6. The summed E-state index contributed by atoms with van der Waals surface area (Å²) in [4.78, 5) is 10.3. The first-order valence-corrected chi connectivity index (χ1v) is 8.96. The van der Waals surface area contributed by atoms with E-state index in [-0.39, 0.29) is 12.6 Å². The second kappa shape index (κ2) is 8.93. The third-order valence-electron chi connectivity index (χ3n) is 4.59. The van der Waals surface area contributed by atoms with Gasteiger partial charge in [0, 0.05) is 43.2 Å². The van der Waals surface area contributed by atoms with Gasteiger partial charge in [-0.25, -0.2) is 4.52 Å². The summed E-state index contributed by atoms with van der Waals surface area (Å²) >= 11 is 0. The number of aliphatic imine (C=N–C) groups is 2. The van der Waals surface area contributed by atoms with Crippen molar-refractivity contribution in [2.45, 2.75) is 12.5 Å². The number of hydrogen-bond donors (Lipinski definition) is 1. The standard InChI is InChI=1S/C21H23N7/c1-24-11-18(12-25-15-23)20-13-26-28-8-7-17(9-21(20)28)14-27(2)19-5-3-16(10-22)4-6-19/h3-9,12-13,18H,1,11,14-15,23H2,2H3. The van der Waals surface area contributed by atoms with Crippen LogP contribution in [-0.4, -0.2) is 42.8 Å². The number of pyridine rings is 1. The van der Waals surface area contributed by atoms with E-state index in [2.05, 4.69) is 44.9 Å². The molecule has 0 spiro atoms. The van der Waals surface area contributed by atoms with Crippen molar-refractivity contribution in [2.75, 3.05) is 25.2 Å². The first kappa shape index (κ1) is 19.3. The van der Waals surface area contributed by atoms with Gasteiger partial charge < -0.3 is 10.6 Å². The van der Waals surface area contributed by atoms with Gasteiger partial charge in [-0.3, -0.25) is 9.98 Å². The molecule has 1 unspecified atom stereocenters. The molecule has 3 aromatic rings. The van der Waals surface area contributed by atoms with Crippen molar-refractivity contribution < 1.29 is 0 Å². The van der Waals surface area contributed by atoms with E-state index in [1.54, 1.807) is 0 Å². The maximum absolute atomic E-state index is 8.95. The fourth-order valence-electron chi connectivity index (χ4n) is 3.14. The Kier molecular flexibility index (Phi) is 6.14. The average Bonchev–Trinajstić information content (AvgIpc) is 3.14. The summed E-state index contributed by atoms with van der Waals surface area (Å²) in [6.45, 7) is 5.11. The zero-order chi connectivity index (χ0) is 19.9. The van der Waals surface area contributed by atoms with Crippen LogP contribution in [0.5, 0.6) is 0 Å². The summed E-state index contributed by atoms with van der Waals surface area (Å²) in [5.74, 6) is -0.00921. The molecule has 0 fully saturated rings. The Morgan fingerprint density at radius 2 is 2.14 bits per heavy atom. The number of fused-ring (bicyclic) bond motifs is 1. The molecular formula is C21H23N7. The minimum atomic E-state index is -0.00921. The van der Waals surface area contributed by atoms with Crippen molar-refractivity contribution in [3.63, 3.8) is 0 Å². The van der Waals surface area contributed by atoms with E-state index in [1.165, 1.54) is 0 Å². The number of nitrogens with two attached hydrogens (primary N) is 1. The van der Waals surface area contributed by atoms with Crippen molar-refractivity contribution in [3.05, 3.63) is 65.5 Å². The zero-order valence-electron chi connectivity index (χ0n) is 15.9. The summed E-state index contributed by atoms with van der Waals surface area (Å²) in [5.41, 5.74) is 10.4. The Balaban J connectivity index is 1.87. The first-order valence-electron chi connectivity index (χ1n) is 8.96. The molecule has 28 heavy (non-hydrogen) atoms. The Hall–Kier alpha value is -3.50. The number of nitriles is 1. The topological polar surface area (TPSA) is 95.1 Å². The molecule has 0 bridgehead atoms. The quantitative estimate of drug-likeness (QED) is 0.614. The highest BCUT2D eigenvalue weighted by atomic mass is 15.2. The molecule has 1 atom stereocenters. The van der Waals surface area contributed by atoms with Crippen LogP contribution in [0.1, 0.15) is 22.6 Å². The smallest absolute Gasteiger partial charge is 0.0991 e. The van der Waals surface area contributed by atoms with E-state index in [0.29, 0.717) is 12.1 Å². The lowest BCUT2D eigenvalue weighted by Crippen LogP contribution is -2.16. The molecule has 2 aromatic heterocycles. The van der Waals surface area contributed by atoms with E-state index in [1.807, 2.05) is 54.4 Å². The second-order valence-electron chi connectivity index (χ2n) is 6.51. The Morgan fingerprint density at radius 3 is 2.82 bits per heavy atom. The Labute approximate surface area is 164 Å². The van der Waals surface area contributed by atoms with Crippen LogP contribution in [0.4, 0.5) is 5.69 Å². The molecule has 0 saturated heterocycles. The lowest BCUT2D eigenvalue weighted by Gasteiger charge is -2.19. The molecule has 2 N–H and O–H groups in total. The van der Waals surface area contributed by atoms with Crippen LogP contribution < -0.4 is 10.6 Å². The van der Waals surface area contributed by atoms with Crippen molar-refractivity contribution in [2.24, 2.45) is 15.7 Å². The van der Waals surface area contributed by atoms with Crippen LogP contribution >= 0.6 is 0 Å². The SMILES string of the molecule is C=NCC(C=NCN)c1cnn2ccc(CN(C)c3ccc(C#N)cc3)cc12. The number of anilines is 1. The van der Waals surface area contributed by atoms with Gasteiger partial charge in [0.2, 0.25) is 0 Å². The Bertz CT molecular complexity index is 1010. The van der Waals surface area contributed by atoms with Gasteiger partial charge in [-0.05, 0) is 48.7 Å². The molecule has 7 heteroatoms. The van der Waals surface area contributed by atoms with Gasteiger partial charge in [0.15, 0.2) is 0 Å². The lowest BCUT2D eigenvalue weighted by molar-refractivity contribution is 0.901. The van der Waals surface area contributed by atoms with E-state index >= 15 is 0 Å². The van der Waals surface area contributed by atoms with Gasteiger partial charge in [-0.15, -0.1) is 0 Å². The first-order chi connectivity index (χ1) is 13.7. The molecule has 0 saturated carbocycles. The molecular weight excluding hydrogens is 350 g/mol. The average molecular weight is 373 g/mol. The van der Waals surface area contributed by atoms with Gasteiger partial charge in [0.25, 0.3) is 0 Å². The molecule has 3 rings (SSSR count). The molecule has 0 aliphatic heterocycles. The molecule has 0 aliphatic carbocycles. The highest BCUT2D eigenvalue weighted by Gasteiger charge is 2.15. The summed E-state index contributed by atoms with van der Waals surface area (Å²) in [6.07, 6.45) is 5.63. The fraction of sp³-hybridized carbons (Fsp3) is 0.238. The van der Waals surface area contributed by atoms with Gasteiger partial charge in [-0.2, -0.15) is 10.4 Å². The third kappa shape index (κ3) is 4.24. The number of rotatable bonds is 8. The normalized spacial score (nSPS) is 12.2. The Morgan fingerprint density at radius 1 is 1.36 bits per heavy atom. The predicted octanol–water partition coefficient (Wildman–Crippen LogP) is 2.61. The zero-order valence-corrected chi connectivity index (χ0v) is 15.9. The third-order valence-corrected chi connectivity index (χ3v) is 4.59. The summed E-state index contributed by atoms with van der Waals surface area (Å²) in [7, 11) is 2.03. The van der Waals surface area contributed by atoms with E-state index in [0.717, 1.165) is 28.9 Å². The van der Waals surface area contributed by atoms with Crippen LogP contribution in [0.15, 0.2) is 58.8 Å². The van der Waals surface area contributed by atoms with Crippen molar-refractivity contribution in [3.8, 4) is 6.07 Å². The maximum atomic E-state index is 8.95. The van der Waals surface area contributed by atoms with Crippen LogP contribution in [-0.2, 0) is 6.54 Å². The van der Waals surface area contributed by atoms with Gasteiger partial charge >= 0.3 is 0 Å². The summed E-state index contributed by atoms with van der Waals surface area (Å²) < 4.78 is 1.85. The highest BCUT2D eigenvalue weighted by Crippen LogP contribution is 2.23. The molecule has 0 amide bonds. The predicted molar refractivity (Wildman–Crippen MR) is 113 cm³/mol. The highest BCUT2D eigenvalue weighted by molar-refractivity contribution is 5.74. The molecule has 0 aliphatic rings. The maximum Gasteiger partial charge on any atom is 0.0991 e. The van der Waals surface area contributed by atoms with E-state index in [9.17, 15) is 0 Å². The second-order valence-corrected chi connectivity index (χ2v) is 6.51. The van der Waals surface area contributed by atoms with Gasteiger partial charge in [-0.1, -0.05) is 0 Å². The van der Waals surface area contributed by atoms with E-state index in [4.69, 9.17) is 11.0 Å². The van der Waals surface area contributed by atoms with Crippen molar-refractivity contribution in [1.29, 1.82) is 5.26 Å². The van der Waals surface area contributed by atoms with Crippen LogP contribution in [0, 0.1) is 11.3 Å². The number of aromatic nitrogens is 2. The van der Waals surface area contributed by atoms with Crippen LogP contribution in [0.2, 0.25) is 0 Å². The molecule has 142 valence electrons. The van der Waals surface area contributed by atoms with Crippen molar-refractivity contribution in [1.82, 2.24) is 9.61 Å². The van der Waals surface area contributed by atoms with E-state index < -0.39 is 0 Å². The van der Waals surface area contributed by atoms with Crippen LogP contribution in [0.25, 0.3) is 5.52 Å². The largest absolute Gasteiger partial charge is 0.370 e. The van der Waals surface area contributed by atoms with Gasteiger partial charge in [0.1, 0.15) is 0 Å². The summed E-state index contributed by atoms with van der Waals surface area (Å²) in [6, 6.07) is 13.9. The molecule has 0 radical (unpaired) electrons. The minimum Gasteiger partial charge on any atom is -0.370 e. The number of nitrogens with zero attached hydrogens (tertiary/aromatic N) is 6. The fourth-order valence-corrected chi connectivity index (χ4v) is 3.14. The summed E-state index contributed by atoms with van der Waals surface area (Å²) in [5, 5.41) is 13.4. The van der Waals surface area contributed by atoms with Gasteiger partial charge in [0.05, 0.1) is 36.6 Å². The molecule has 2 heterocycles. The lowest BCUT2D eigenvalue weighted by atomic mass is 10.0. The monoisotopic (exact) mass is 373 g/mol. The molecule has 1 aromatic carbocycles. The minimum absolute atomic E-state index is 0.00921. The number of benzene rings is 1. The van der Waals surface area contributed by atoms with Crippen LogP contribution in [0.3, 0.4) is 0 Å². The van der Waals surface area contributed by atoms with Crippen molar-refractivity contribution >= 4 is 24.1 Å². The molecule has 7 nitrogen and oxygen atoms in total.